The minimum Gasteiger partial charge on any atom is -0.391 e. The summed E-state index contributed by atoms with van der Waals surface area (Å²) in [4.78, 5) is 19.6. The normalized spacial score (nSPS) is 15.2. The van der Waals surface area contributed by atoms with Crippen molar-refractivity contribution in [1.29, 1.82) is 0 Å². The third-order valence-electron chi connectivity index (χ3n) is 2.86. The van der Waals surface area contributed by atoms with Crippen molar-refractivity contribution in [2.45, 2.75) is 11.8 Å². The molecule has 0 aromatic heterocycles. The molecule has 0 saturated carbocycles. The van der Waals surface area contributed by atoms with E-state index in [1.54, 1.807) is 29.8 Å². The summed E-state index contributed by atoms with van der Waals surface area (Å²) in [7, 11) is 1.80. The van der Waals surface area contributed by atoms with E-state index in [4.69, 9.17) is 4.84 Å². The SMILES string of the molecule is C=CCO/N=C(\C)c1ccc2c(c1)N(C)C(=O)CS2. The van der Waals surface area contributed by atoms with Gasteiger partial charge in [0.15, 0.2) is 0 Å². The van der Waals surface area contributed by atoms with Crippen LogP contribution in [0.15, 0.2) is 40.9 Å². The third kappa shape index (κ3) is 2.98. The second kappa shape index (κ2) is 5.93. The van der Waals surface area contributed by atoms with E-state index < -0.39 is 0 Å². The second-order valence-electron chi connectivity index (χ2n) is 4.19. The molecule has 2 rings (SSSR count). The quantitative estimate of drug-likeness (QED) is 0.367. The average Bonchev–Trinajstić information content (AvgIpc) is 2.43. The zero-order valence-electron chi connectivity index (χ0n) is 11.0. The molecule has 0 fully saturated rings. The monoisotopic (exact) mass is 276 g/mol. The van der Waals surface area contributed by atoms with Crippen LogP contribution >= 0.6 is 11.8 Å². The molecule has 0 spiro atoms. The van der Waals surface area contributed by atoms with E-state index in [2.05, 4.69) is 11.7 Å². The van der Waals surface area contributed by atoms with Gasteiger partial charge in [-0.05, 0) is 19.1 Å². The van der Waals surface area contributed by atoms with Crippen molar-refractivity contribution in [3.63, 3.8) is 0 Å². The van der Waals surface area contributed by atoms with Crippen molar-refractivity contribution in [3.8, 4) is 0 Å². The van der Waals surface area contributed by atoms with Crippen molar-refractivity contribution in [1.82, 2.24) is 0 Å². The Morgan fingerprint density at radius 2 is 2.42 bits per heavy atom. The standard InChI is InChI=1S/C14H16N2O2S/c1-4-7-18-15-10(2)11-5-6-13-12(8-11)16(3)14(17)9-19-13/h4-6,8H,1,7,9H2,2-3H3/b15-10+. The molecule has 1 heterocycles. The maximum absolute atomic E-state index is 11.7. The van der Waals surface area contributed by atoms with Gasteiger partial charge in [-0.2, -0.15) is 0 Å². The average molecular weight is 276 g/mol. The number of oxime groups is 1. The molecular formula is C14H16N2O2S. The molecule has 1 aliphatic rings. The molecule has 5 heteroatoms. The second-order valence-corrected chi connectivity index (χ2v) is 5.20. The van der Waals surface area contributed by atoms with Gasteiger partial charge >= 0.3 is 0 Å². The fraction of sp³-hybridized carbons (Fsp3) is 0.286. The fourth-order valence-corrected chi connectivity index (χ4v) is 2.72. The number of hydrogen-bond acceptors (Lipinski definition) is 4. The highest BCUT2D eigenvalue weighted by Gasteiger charge is 2.21. The smallest absolute Gasteiger partial charge is 0.237 e. The van der Waals surface area contributed by atoms with E-state index >= 15 is 0 Å². The Bertz CT molecular complexity index is 540. The van der Waals surface area contributed by atoms with E-state index in [-0.39, 0.29) is 5.91 Å². The van der Waals surface area contributed by atoms with Gasteiger partial charge in [0.1, 0.15) is 6.61 Å². The molecular weight excluding hydrogens is 260 g/mol. The first-order valence-electron chi connectivity index (χ1n) is 5.94. The predicted molar refractivity (Wildman–Crippen MR) is 78.9 cm³/mol. The number of hydrogen-bond donors (Lipinski definition) is 0. The van der Waals surface area contributed by atoms with Crippen LogP contribution in [0.1, 0.15) is 12.5 Å². The molecule has 100 valence electrons. The third-order valence-corrected chi connectivity index (χ3v) is 3.90. The van der Waals surface area contributed by atoms with Gasteiger partial charge in [0.25, 0.3) is 0 Å². The molecule has 0 N–H and O–H groups in total. The maximum atomic E-state index is 11.7. The number of carbonyl (C=O) groups is 1. The van der Waals surface area contributed by atoms with Crippen LogP contribution < -0.4 is 4.90 Å². The van der Waals surface area contributed by atoms with Crippen LogP contribution in [0.5, 0.6) is 0 Å². The highest BCUT2D eigenvalue weighted by molar-refractivity contribution is 8.00. The fourth-order valence-electron chi connectivity index (χ4n) is 1.74. The number of anilines is 1. The minimum atomic E-state index is 0.118. The Kier molecular flexibility index (Phi) is 4.27. The van der Waals surface area contributed by atoms with E-state index in [0.29, 0.717) is 12.4 Å². The lowest BCUT2D eigenvalue weighted by molar-refractivity contribution is -0.116. The first-order chi connectivity index (χ1) is 9.13. The highest BCUT2D eigenvalue weighted by Crippen LogP contribution is 2.35. The summed E-state index contributed by atoms with van der Waals surface area (Å²) in [6.07, 6.45) is 1.65. The van der Waals surface area contributed by atoms with Crippen LogP contribution in [0.25, 0.3) is 0 Å². The van der Waals surface area contributed by atoms with Crippen molar-refractivity contribution in [2.75, 3.05) is 24.3 Å². The number of carbonyl (C=O) groups excluding carboxylic acids is 1. The topological polar surface area (TPSA) is 41.9 Å². The van der Waals surface area contributed by atoms with Gasteiger partial charge < -0.3 is 9.74 Å². The van der Waals surface area contributed by atoms with Crippen LogP contribution in [-0.4, -0.2) is 31.0 Å². The highest BCUT2D eigenvalue weighted by atomic mass is 32.2. The van der Waals surface area contributed by atoms with Gasteiger partial charge in [-0.3, -0.25) is 4.79 Å². The van der Waals surface area contributed by atoms with E-state index in [1.165, 1.54) is 0 Å². The maximum Gasteiger partial charge on any atom is 0.237 e. The molecule has 1 amide bonds. The zero-order valence-corrected chi connectivity index (χ0v) is 11.9. The summed E-state index contributed by atoms with van der Waals surface area (Å²) >= 11 is 1.57. The lowest BCUT2D eigenvalue weighted by Gasteiger charge is -2.25. The van der Waals surface area contributed by atoms with Gasteiger partial charge in [0.05, 0.1) is 17.2 Å². The molecule has 0 saturated heterocycles. The summed E-state index contributed by atoms with van der Waals surface area (Å²) in [5, 5.41) is 4.01. The number of benzene rings is 1. The number of nitrogens with zero attached hydrogens (tertiary/aromatic N) is 2. The Morgan fingerprint density at radius 3 is 3.16 bits per heavy atom. The summed E-state index contributed by atoms with van der Waals surface area (Å²) < 4.78 is 0. The zero-order chi connectivity index (χ0) is 13.8. The van der Waals surface area contributed by atoms with Gasteiger partial charge in [0, 0.05) is 17.5 Å². The lowest BCUT2D eigenvalue weighted by atomic mass is 10.1. The summed E-state index contributed by atoms with van der Waals surface area (Å²) in [5.41, 5.74) is 2.66. The van der Waals surface area contributed by atoms with Gasteiger partial charge in [-0.1, -0.05) is 23.9 Å². The number of amides is 1. The van der Waals surface area contributed by atoms with Crippen LogP contribution in [0.2, 0.25) is 0 Å². The molecule has 1 aliphatic heterocycles. The Balaban J connectivity index is 2.27. The van der Waals surface area contributed by atoms with Crippen LogP contribution in [-0.2, 0) is 9.63 Å². The summed E-state index contributed by atoms with van der Waals surface area (Å²) in [6.45, 7) is 5.83. The van der Waals surface area contributed by atoms with Crippen LogP contribution in [0.3, 0.4) is 0 Å². The molecule has 0 atom stereocenters. The van der Waals surface area contributed by atoms with Crippen molar-refractivity contribution >= 4 is 29.1 Å². The Labute approximate surface area is 117 Å². The van der Waals surface area contributed by atoms with Crippen LogP contribution in [0.4, 0.5) is 5.69 Å². The first kappa shape index (κ1) is 13.7. The molecule has 0 unspecified atom stereocenters. The van der Waals surface area contributed by atoms with E-state index in [0.717, 1.165) is 21.9 Å². The molecule has 0 bridgehead atoms. The number of thioether (sulfide) groups is 1. The van der Waals surface area contributed by atoms with E-state index in [1.807, 2.05) is 25.1 Å². The predicted octanol–water partition coefficient (Wildman–Crippen LogP) is 2.68. The Hall–Kier alpha value is -1.75. The van der Waals surface area contributed by atoms with Crippen LogP contribution in [0, 0.1) is 0 Å². The van der Waals surface area contributed by atoms with Crippen molar-refractivity contribution < 1.29 is 9.63 Å². The van der Waals surface area contributed by atoms with Gasteiger partial charge in [-0.25, -0.2) is 0 Å². The van der Waals surface area contributed by atoms with E-state index in [9.17, 15) is 4.79 Å². The molecule has 0 aliphatic carbocycles. The summed E-state index contributed by atoms with van der Waals surface area (Å²) in [5.74, 6) is 0.616. The molecule has 1 aromatic rings. The molecule has 4 nitrogen and oxygen atoms in total. The first-order valence-corrected chi connectivity index (χ1v) is 6.93. The Morgan fingerprint density at radius 1 is 1.63 bits per heavy atom. The van der Waals surface area contributed by atoms with Gasteiger partial charge in [-0.15, -0.1) is 11.8 Å². The van der Waals surface area contributed by atoms with Gasteiger partial charge in [0.2, 0.25) is 5.91 Å². The lowest BCUT2D eigenvalue weighted by Crippen LogP contribution is -2.31. The molecule has 19 heavy (non-hydrogen) atoms. The summed E-state index contributed by atoms with van der Waals surface area (Å²) in [6, 6.07) is 5.98. The number of fused-ring (bicyclic) bond motifs is 1. The van der Waals surface area contributed by atoms with Crippen molar-refractivity contribution in [2.24, 2.45) is 5.16 Å². The largest absolute Gasteiger partial charge is 0.391 e. The molecule has 1 aromatic carbocycles. The number of rotatable bonds is 4. The van der Waals surface area contributed by atoms with Crippen molar-refractivity contribution in [3.05, 3.63) is 36.4 Å². The minimum absolute atomic E-state index is 0.118. The molecule has 0 radical (unpaired) electrons.